The molecular weight excluding hydrogens is 274 g/mol. The van der Waals surface area contributed by atoms with Gasteiger partial charge in [0.25, 0.3) is 5.89 Å². The van der Waals surface area contributed by atoms with E-state index in [9.17, 15) is 8.78 Å². The van der Waals surface area contributed by atoms with E-state index < -0.39 is 17.4 Å². The SMILES string of the molecule is Oc1c(F)cc(-c2nc(-c3cccs3)no2)cc1F. The molecule has 7 heteroatoms. The topological polar surface area (TPSA) is 59.2 Å². The number of aromatic nitrogens is 2. The maximum absolute atomic E-state index is 13.2. The summed E-state index contributed by atoms with van der Waals surface area (Å²) in [5, 5.41) is 14.6. The zero-order chi connectivity index (χ0) is 13.4. The van der Waals surface area contributed by atoms with Crippen molar-refractivity contribution < 1.29 is 18.4 Å². The van der Waals surface area contributed by atoms with E-state index in [1.54, 1.807) is 6.07 Å². The minimum Gasteiger partial charge on any atom is -0.503 e. The van der Waals surface area contributed by atoms with Crippen molar-refractivity contribution >= 4 is 11.3 Å². The average Bonchev–Trinajstić information content (AvgIpc) is 3.05. The molecule has 96 valence electrons. The second-order valence-electron chi connectivity index (χ2n) is 3.69. The van der Waals surface area contributed by atoms with Crippen LogP contribution in [0.2, 0.25) is 0 Å². The number of aromatic hydroxyl groups is 1. The summed E-state index contributed by atoms with van der Waals surface area (Å²) in [6, 6.07) is 5.50. The Hall–Kier alpha value is -2.28. The molecule has 0 fully saturated rings. The van der Waals surface area contributed by atoms with Gasteiger partial charge >= 0.3 is 0 Å². The number of phenols is 1. The molecule has 2 heterocycles. The van der Waals surface area contributed by atoms with Crippen LogP contribution in [-0.2, 0) is 0 Å². The summed E-state index contributed by atoms with van der Waals surface area (Å²) >= 11 is 1.42. The molecule has 19 heavy (non-hydrogen) atoms. The summed E-state index contributed by atoms with van der Waals surface area (Å²) in [7, 11) is 0. The molecule has 0 unspecified atom stereocenters. The van der Waals surface area contributed by atoms with Gasteiger partial charge in [0.2, 0.25) is 5.82 Å². The van der Waals surface area contributed by atoms with Crippen molar-refractivity contribution in [1.29, 1.82) is 0 Å². The lowest BCUT2D eigenvalue weighted by molar-refractivity contribution is 0.395. The Bertz CT molecular complexity index is 702. The third-order valence-corrected chi connectivity index (χ3v) is 3.30. The van der Waals surface area contributed by atoms with Gasteiger partial charge in [-0.1, -0.05) is 11.2 Å². The van der Waals surface area contributed by atoms with E-state index in [-0.39, 0.29) is 11.5 Å². The van der Waals surface area contributed by atoms with Crippen molar-refractivity contribution in [3.8, 4) is 27.9 Å². The van der Waals surface area contributed by atoms with Crippen molar-refractivity contribution in [3.63, 3.8) is 0 Å². The van der Waals surface area contributed by atoms with Crippen LogP contribution in [0.25, 0.3) is 22.2 Å². The molecule has 0 aliphatic carbocycles. The summed E-state index contributed by atoms with van der Waals surface area (Å²) in [6.07, 6.45) is 0. The smallest absolute Gasteiger partial charge is 0.258 e. The van der Waals surface area contributed by atoms with Gasteiger partial charge < -0.3 is 9.63 Å². The predicted molar refractivity (Wildman–Crippen MR) is 64.6 cm³/mol. The molecule has 3 rings (SSSR count). The first kappa shape index (κ1) is 11.8. The number of thiophene rings is 1. The van der Waals surface area contributed by atoms with E-state index in [1.807, 2.05) is 11.4 Å². The van der Waals surface area contributed by atoms with Crippen molar-refractivity contribution in [2.24, 2.45) is 0 Å². The number of hydrogen-bond donors (Lipinski definition) is 1. The maximum Gasteiger partial charge on any atom is 0.258 e. The molecule has 0 amide bonds. The highest BCUT2D eigenvalue weighted by molar-refractivity contribution is 7.13. The molecule has 0 saturated carbocycles. The van der Waals surface area contributed by atoms with Crippen LogP contribution in [0.1, 0.15) is 0 Å². The Labute approximate surface area is 109 Å². The number of halogens is 2. The first-order valence-electron chi connectivity index (χ1n) is 5.21. The normalized spacial score (nSPS) is 10.8. The van der Waals surface area contributed by atoms with Gasteiger partial charge in [0.05, 0.1) is 4.88 Å². The second kappa shape index (κ2) is 4.43. The molecule has 1 aromatic carbocycles. The molecule has 0 aliphatic heterocycles. The van der Waals surface area contributed by atoms with Gasteiger partial charge in [-0.15, -0.1) is 11.3 Å². The van der Waals surface area contributed by atoms with E-state index in [4.69, 9.17) is 9.63 Å². The summed E-state index contributed by atoms with van der Waals surface area (Å²) in [6.45, 7) is 0. The zero-order valence-corrected chi connectivity index (χ0v) is 10.1. The highest BCUT2D eigenvalue weighted by atomic mass is 32.1. The minimum absolute atomic E-state index is 0.0128. The maximum atomic E-state index is 13.2. The van der Waals surface area contributed by atoms with Gasteiger partial charge in [-0.05, 0) is 23.6 Å². The van der Waals surface area contributed by atoms with Crippen molar-refractivity contribution in [2.45, 2.75) is 0 Å². The van der Waals surface area contributed by atoms with E-state index in [1.165, 1.54) is 11.3 Å². The van der Waals surface area contributed by atoms with E-state index in [0.29, 0.717) is 5.82 Å². The molecule has 2 aromatic heterocycles. The first-order valence-corrected chi connectivity index (χ1v) is 6.09. The van der Waals surface area contributed by atoms with Gasteiger partial charge in [-0.3, -0.25) is 0 Å². The molecular formula is C12H6F2N2O2S. The van der Waals surface area contributed by atoms with Gasteiger partial charge in [0.15, 0.2) is 17.4 Å². The summed E-state index contributed by atoms with van der Waals surface area (Å²) in [5.41, 5.74) is 0.0723. The van der Waals surface area contributed by atoms with Gasteiger partial charge in [-0.2, -0.15) is 4.98 Å². The first-order chi connectivity index (χ1) is 9.15. The van der Waals surface area contributed by atoms with E-state index in [0.717, 1.165) is 17.0 Å². The number of rotatable bonds is 2. The molecule has 3 aromatic rings. The van der Waals surface area contributed by atoms with Gasteiger partial charge in [-0.25, -0.2) is 8.78 Å². The monoisotopic (exact) mass is 280 g/mol. The standard InChI is InChI=1S/C12H6F2N2O2S/c13-7-4-6(5-8(14)10(7)17)12-15-11(16-18-12)9-2-1-3-19-9/h1-5,17H. The Morgan fingerprint density at radius 1 is 1.21 bits per heavy atom. The van der Waals surface area contributed by atoms with Crippen LogP contribution < -0.4 is 0 Å². The lowest BCUT2D eigenvalue weighted by Gasteiger charge is -1.99. The van der Waals surface area contributed by atoms with Crippen LogP contribution in [0, 0.1) is 11.6 Å². The van der Waals surface area contributed by atoms with Crippen LogP contribution in [0.3, 0.4) is 0 Å². The van der Waals surface area contributed by atoms with Crippen molar-refractivity contribution in [3.05, 3.63) is 41.3 Å². The minimum atomic E-state index is -1.08. The molecule has 0 bridgehead atoms. The number of nitrogens with zero attached hydrogens (tertiary/aromatic N) is 2. The summed E-state index contributed by atoms with van der Waals surface area (Å²) in [4.78, 5) is 4.84. The van der Waals surface area contributed by atoms with Gasteiger partial charge in [0.1, 0.15) is 0 Å². The average molecular weight is 280 g/mol. The highest BCUT2D eigenvalue weighted by Gasteiger charge is 2.16. The lowest BCUT2D eigenvalue weighted by atomic mass is 10.2. The number of benzene rings is 1. The van der Waals surface area contributed by atoms with Crippen LogP contribution in [-0.4, -0.2) is 15.2 Å². The van der Waals surface area contributed by atoms with Crippen LogP contribution >= 0.6 is 11.3 Å². The molecule has 1 N–H and O–H groups in total. The Balaban J connectivity index is 2.04. The molecule has 0 saturated heterocycles. The van der Waals surface area contributed by atoms with Crippen LogP contribution in [0.4, 0.5) is 8.78 Å². The predicted octanol–water partition coefficient (Wildman–Crippen LogP) is 3.45. The third kappa shape index (κ3) is 2.08. The number of hydrogen-bond acceptors (Lipinski definition) is 5. The summed E-state index contributed by atoms with van der Waals surface area (Å²) in [5.74, 6) is -2.85. The van der Waals surface area contributed by atoms with E-state index in [2.05, 4.69) is 10.1 Å². The van der Waals surface area contributed by atoms with Crippen LogP contribution in [0.5, 0.6) is 5.75 Å². The fraction of sp³-hybridized carbons (Fsp3) is 0. The molecule has 0 spiro atoms. The molecule has 4 nitrogen and oxygen atoms in total. The lowest BCUT2D eigenvalue weighted by Crippen LogP contribution is -1.86. The van der Waals surface area contributed by atoms with Crippen molar-refractivity contribution in [1.82, 2.24) is 10.1 Å². The Kier molecular flexibility index (Phi) is 2.75. The van der Waals surface area contributed by atoms with Gasteiger partial charge in [0, 0.05) is 5.56 Å². The second-order valence-corrected chi connectivity index (χ2v) is 4.64. The van der Waals surface area contributed by atoms with Crippen molar-refractivity contribution in [2.75, 3.05) is 0 Å². The molecule has 0 radical (unpaired) electrons. The fourth-order valence-electron chi connectivity index (χ4n) is 1.54. The fourth-order valence-corrected chi connectivity index (χ4v) is 2.18. The Morgan fingerprint density at radius 2 is 1.95 bits per heavy atom. The van der Waals surface area contributed by atoms with E-state index >= 15 is 0 Å². The molecule has 0 atom stereocenters. The molecule has 0 aliphatic rings. The Morgan fingerprint density at radius 3 is 2.58 bits per heavy atom. The zero-order valence-electron chi connectivity index (χ0n) is 9.30. The number of phenolic OH excluding ortho intramolecular Hbond substituents is 1. The quantitative estimate of drug-likeness (QED) is 0.781. The largest absolute Gasteiger partial charge is 0.503 e. The third-order valence-electron chi connectivity index (χ3n) is 2.43. The highest BCUT2D eigenvalue weighted by Crippen LogP contribution is 2.29. The summed E-state index contributed by atoms with van der Waals surface area (Å²) < 4.78 is 31.4. The van der Waals surface area contributed by atoms with Crippen LogP contribution in [0.15, 0.2) is 34.2 Å².